The predicted molar refractivity (Wildman–Crippen MR) is 93.5 cm³/mol. The third-order valence-electron chi connectivity index (χ3n) is 4.70. The molecule has 2 saturated heterocycles. The summed E-state index contributed by atoms with van der Waals surface area (Å²) in [6.45, 7) is 1.86. The summed E-state index contributed by atoms with van der Waals surface area (Å²) in [4.78, 5) is 14.7. The molecule has 2 fully saturated rings. The Balaban J connectivity index is 1.66. The third kappa shape index (κ3) is 4.03. The van der Waals surface area contributed by atoms with Crippen molar-refractivity contribution in [2.45, 2.75) is 23.5 Å². The lowest BCUT2D eigenvalue weighted by Crippen LogP contribution is -2.48. The van der Waals surface area contributed by atoms with Crippen molar-refractivity contribution in [3.05, 3.63) is 30.3 Å². The van der Waals surface area contributed by atoms with Crippen molar-refractivity contribution in [1.29, 1.82) is 0 Å². The number of likely N-dealkylation sites (N-methyl/N-ethyl adjacent to an activating group) is 1. The number of hydrogen-bond acceptors (Lipinski definition) is 5. The topological polar surface area (TPSA) is 79.0 Å². The average molecular weight is 367 g/mol. The Morgan fingerprint density at radius 1 is 1.28 bits per heavy atom. The molecule has 7 nitrogen and oxygen atoms in total. The molecule has 1 N–H and O–H groups in total. The van der Waals surface area contributed by atoms with Crippen molar-refractivity contribution < 1.29 is 17.9 Å². The van der Waals surface area contributed by atoms with Gasteiger partial charge in [-0.1, -0.05) is 18.2 Å². The maximum Gasteiger partial charge on any atom is 0.243 e. The summed E-state index contributed by atoms with van der Waals surface area (Å²) in [7, 11) is 0.347. The van der Waals surface area contributed by atoms with E-state index in [9.17, 15) is 13.2 Å². The molecule has 0 aromatic heterocycles. The quantitative estimate of drug-likeness (QED) is 0.774. The number of nitrogens with one attached hydrogen (secondary N) is 1. The molecule has 25 heavy (non-hydrogen) atoms. The van der Waals surface area contributed by atoms with Crippen molar-refractivity contribution >= 4 is 15.9 Å². The van der Waals surface area contributed by atoms with E-state index >= 15 is 0 Å². The van der Waals surface area contributed by atoms with Crippen LogP contribution in [0.3, 0.4) is 0 Å². The molecule has 1 amide bonds. The lowest BCUT2D eigenvalue weighted by atomic mass is 9.99. The van der Waals surface area contributed by atoms with Crippen molar-refractivity contribution in [2.75, 3.05) is 40.3 Å². The second-order valence-corrected chi connectivity index (χ2v) is 8.81. The van der Waals surface area contributed by atoms with Crippen LogP contribution in [0.2, 0.25) is 0 Å². The van der Waals surface area contributed by atoms with E-state index in [0.717, 1.165) is 6.54 Å². The number of nitrogens with zero attached hydrogens (tertiary/aromatic N) is 2. The molecule has 0 aliphatic carbocycles. The van der Waals surface area contributed by atoms with E-state index in [2.05, 4.69) is 5.32 Å². The van der Waals surface area contributed by atoms with Gasteiger partial charge in [-0.05, 0) is 32.6 Å². The highest BCUT2D eigenvalue weighted by molar-refractivity contribution is 7.89. The summed E-state index contributed by atoms with van der Waals surface area (Å²) in [6, 6.07) is 8.40. The van der Waals surface area contributed by atoms with Gasteiger partial charge in [-0.2, -0.15) is 4.31 Å². The Labute approximate surface area is 149 Å². The fourth-order valence-electron chi connectivity index (χ4n) is 3.37. The van der Waals surface area contributed by atoms with Gasteiger partial charge in [-0.25, -0.2) is 8.42 Å². The van der Waals surface area contributed by atoms with Gasteiger partial charge >= 0.3 is 0 Å². The van der Waals surface area contributed by atoms with Crippen molar-refractivity contribution in [3.63, 3.8) is 0 Å². The van der Waals surface area contributed by atoms with Gasteiger partial charge in [0.25, 0.3) is 0 Å². The van der Waals surface area contributed by atoms with Crippen LogP contribution in [-0.4, -0.2) is 76.0 Å². The fourth-order valence-corrected chi connectivity index (χ4v) is 4.88. The molecule has 138 valence electrons. The first kappa shape index (κ1) is 18.3. The Hall–Kier alpha value is -1.48. The fraction of sp³-hybridized carbons (Fsp3) is 0.588. The Bertz CT molecular complexity index is 708. The first-order valence-electron chi connectivity index (χ1n) is 8.51. The van der Waals surface area contributed by atoms with E-state index in [4.69, 9.17) is 4.74 Å². The SMILES string of the molecule is CN(C)CCNC(=O)[C@@H]1C[C@H]2CN(S(=O)(=O)c3ccccc3)C[C@@H]1O2. The number of benzene rings is 1. The maximum absolute atomic E-state index is 12.8. The summed E-state index contributed by atoms with van der Waals surface area (Å²) >= 11 is 0. The molecule has 2 aliphatic heterocycles. The Morgan fingerprint density at radius 3 is 2.68 bits per heavy atom. The normalized spacial score (nSPS) is 26.8. The van der Waals surface area contributed by atoms with Gasteiger partial charge in [0.1, 0.15) is 0 Å². The molecule has 1 aromatic carbocycles. The first-order chi connectivity index (χ1) is 11.9. The van der Waals surface area contributed by atoms with Crippen LogP contribution in [0.25, 0.3) is 0 Å². The van der Waals surface area contributed by atoms with E-state index in [1.54, 1.807) is 30.3 Å². The van der Waals surface area contributed by atoms with E-state index in [-0.39, 0.29) is 35.5 Å². The molecule has 3 rings (SSSR count). The van der Waals surface area contributed by atoms with Crippen LogP contribution in [0.4, 0.5) is 0 Å². The number of amides is 1. The Morgan fingerprint density at radius 2 is 2.00 bits per heavy atom. The predicted octanol–water partition coefficient (Wildman–Crippen LogP) is 0.142. The molecule has 0 radical (unpaired) electrons. The van der Waals surface area contributed by atoms with Crippen molar-refractivity contribution in [3.8, 4) is 0 Å². The highest BCUT2D eigenvalue weighted by Crippen LogP contribution is 2.34. The molecular formula is C17H25N3O4S. The van der Waals surface area contributed by atoms with Crippen molar-refractivity contribution in [2.24, 2.45) is 5.92 Å². The number of carbonyl (C=O) groups excluding carboxylic acids is 1. The van der Waals surface area contributed by atoms with E-state index in [1.807, 2.05) is 19.0 Å². The number of fused-ring (bicyclic) bond motifs is 2. The van der Waals surface area contributed by atoms with Gasteiger partial charge in [0.15, 0.2) is 0 Å². The van der Waals surface area contributed by atoms with Crippen LogP contribution in [-0.2, 0) is 19.6 Å². The minimum atomic E-state index is -3.55. The smallest absolute Gasteiger partial charge is 0.243 e. The van der Waals surface area contributed by atoms with Crippen LogP contribution >= 0.6 is 0 Å². The first-order valence-corrected chi connectivity index (χ1v) is 9.95. The average Bonchev–Trinajstić information content (AvgIpc) is 2.89. The van der Waals surface area contributed by atoms with Crippen LogP contribution in [0.5, 0.6) is 0 Å². The molecule has 2 aliphatic rings. The van der Waals surface area contributed by atoms with Crippen LogP contribution < -0.4 is 5.32 Å². The van der Waals surface area contributed by atoms with E-state index in [1.165, 1.54) is 4.31 Å². The summed E-state index contributed by atoms with van der Waals surface area (Å²) in [5.74, 6) is -0.337. The maximum atomic E-state index is 12.8. The lowest BCUT2D eigenvalue weighted by Gasteiger charge is -2.32. The third-order valence-corrected chi connectivity index (χ3v) is 6.55. The zero-order valence-corrected chi connectivity index (χ0v) is 15.4. The van der Waals surface area contributed by atoms with Gasteiger partial charge in [0.2, 0.25) is 15.9 Å². The molecule has 0 unspecified atom stereocenters. The zero-order chi connectivity index (χ0) is 18.0. The molecule has 8 heteroatoms. The van der Waals surface area contributed by atoms with Crippen LogP contribution in [0.15, 0.2) is 35.2 Å². The van der Waals surface area contributed by atoms with Gasteiger partial charge in [0.05, 0.1) is 23.0 Å². The minimum Gasteiger partial charge on any atom is -0.371 e. The number of sulfonamides is 1. The molecule has 2 bridgehead atoms. The van der Waals surface area contributed by atoms with Crippen LogP contribution in [0.1, 0.15) is 6.42 Å². The summed E-state index contributed by atoms with van der Waals surface area (Å²) < 4.78 is 32.9. The monoisotopic (exact) mass is 367 g/mol. The summed E-state index contributed by atoms with van der Waals surface area (Å²) in [5.41, 5.74) is 0. The minimum absolute atomic E-state index is 0.0479. The van der Waals surface area contributed by atoms with Gasteiger partial charge in [-0.3, -0.25) is 4.79 Å². The summed E-state index contributed by atoms with van der Waals surface area (Å²) in [5, 5.41) is 2.93. The number of rotatable bonds is 6. The molecular weight excluding hydrogens is 342 g/mol. The molecule has 0 spiro atoms. The number of hydrogen-bond donors (Lipinski definition) is 1. The highest BCUT2D eigenvalue weighted by atomic mass is 32.2. The van der Waals surface area contributed by atoms with Gasteiger partial charge < -0.3 is 15.0 Å². The van der Waals surface area contributed by atoms with E-state index in [0.29, 0.717) is 19.5 Å². The number of carbonyl (C=O) groups is 1. The zero-order valence-electron chi connectivity index (χ0n) is 14.6. The standard InChI is InChI=1S/C17H25N3O4S/c1-19(2)9-8-18-17(21)15-10-13-11-20(12-16(15)24-13)25(22,23)14-6-4-3-5-7-14/h3-7,13,15-16H,8-12H2,1-2H3,(H,18,21)/t13-,15+,16-/m0/s1. The Kier molecular flexibility index (Phi) is 5.43. The van der Waals surface area contributed by atoms with Crippen LogP contribution in [0, 0.1) is 5.92 Å². The molecule has 1 aromatic rings. The van der Waals surface area contributed by atoms with Crippen molar-refractivity contribution in [1.82, 2.24) is 14.5 Å². The molecule has 3 atom stereocenters. The van der Waals surface area contributed by atoms with E-state index < -0.39 is 10.0 Å². The van der Waals surface area contributed by atoms with Gasteiger partial charge in [0, 0.05) is 26.2 Å². The number of morpholine rings is 1. The number of ether oxygens (including phenoxy) is 1. The summed E-state index contributed by atoms with van der Waals surface area (Å²) in [6.07, 6.45) is -0.0300. The second kappa shape index (κ2) is 7.41. The molecule has 2 heterocycles. The highest BCUT2D eigenvalue weighted by Gasteiger charge is 2.47. The molecule has 0 saturated carbocycles. The second-order valence-electron chi connectivity index (χ2n) is 6.87. The lowest BCUT2D eigenvalue weighted by molar-refractivity contribution is -0.127. The van der Waals surface area contributed by atoms with Gasteiger partial charge in [-0.15, -0.1) is 0 Å². The largest absolute Gasteiger partial charge is 0.371 e.